The minimum Gasteiger partial charge on any atom is -0.399 e. The van der Waals surface area contributed by atoms with Crippen molar-refractivity contribution in [3.63, 3.8) is 0 Å². The monoisotopic (exact) mass is 372 g/mol. The zero-order chi connectivity index (χ0) is 19.4. The smallest absolute Gasteiger partial charge is 0.236 e. The highest BCUT2D eigenvalue weighted by molar-refractivity contribution is 5.79. The van der Waals surface area contributed by atoms with Crippen molar-refractivity contribution in [3.8, 4) is 0 Å². The third kappa shape index (κ3) is 5.45. The maximum Gasteiger partial charge on any atom is 0.236 e. The molecule has 148 valence electrons. The molecule has 2 fully saturated rings. The summed E-state index contributed by atoms with van der Waals surface area (Å²) >= 11 is 0. The van der Waals surface area contributed by atoms with Gasteiger partial charge in [-0.2, -0.15) is 0 Å². The van der Waals surface area contributed by atoms with Crippen LogP contribution in [0, 0.1) is 11.8 Å². The molecule has 2 saturated heterocycles. The molecule has 0 aromatic heterocycles. The number of anilines is 1. The van der Waals surface area contributed by atoms with Crippen LogP contribution in [0.25, 0.3) is 0 Å². The van der Waals surface area contributed by atoms with Gasteiger partial charge in [-0.15, -0.1) is 0 Å². The highest BCUT2D eigenvalue weighted by Crippen LogP contribution is 2.21. The van der Waals surface area contributed by atoms with Crippen molar-refractivity contribution in [3.05, 3.63) is 29.8 Å². The predicted molar refractivity (Wildman–Crippen MR) is 107 cm³/mol. The third-order valence-corrected chi connectivity index (χ3v) is 5.64. The van der Waals surface area contributed by atoms with Gasteiger partial charge in [0, 0.05) is 45.0 Å². The van der Waals surface area contributed by atoms with Gasteiger partial charge in [0.25, 0.3) is 0 Å². The lowest BCUT2D eigenvalue weighted by atomic mass is 9.92. The first-order chi connectivity index (χ1) is 12.9. The number of benzene rings is 1. The van der Waals surface area contributed by atoms with E-state index in [0.29, 0.717) is 43.6 Å². The highest BCUT2D eigenvalue weighted by Gasteiger charge is 2.28. The van der Waals surface area contributed by atoms with Gasteiger partial charge < -0.3 is 15.5 Å². The lowest BCUT2D eigenvalue weighted by Gasteiger charge is -2.38. The Bertz CT molecular complexity index is 643. The molecule has 2 unspecified atom stereocenters. The third-order valence-electron chi connectivity index (χ3n) is 5.64. The first-order valence-electron chi connectivity index (χ1n) is 10.0. The van der Waals surface area contributed by atoms with Crippen molar-refractivity contribution >= 4 is 17.5 Å². The minimum atomic E-state index is 0.143. The summed E-state index contributed by atoms with van der Waals surface area (Å²) in [6.07, 6.45) is 1.61. The summed E-state index contributed by atoms with van der Waals surface area (Å²) in [6.45, 7) is 9.58. The molecule has 0 saturated carbocycles. The van der Waals surface area contributed by atoms with Crippen LogP contribution in [0.2, 0.25) is 0 Å². The number of carbonyl (C=O) groups excluding carboxylic acids is 2. The molecule has 2 aliphatic rings. The molecule has 0 spiro atoms. The number of piperazine rings is 1. The number of rotatable bonds is 4. The van der Waals surface area contributed by atoms with Crippen LogP contribution in [0.15, 0.2) is 24.3 Å². The number of piperidine rings is 1. The lowest BCUT2D eigenvalue weighted by Crippen LogP contribution is -2.53. The van der Waals surface area contributed by atoms with E-state index in [0.717, 1.165) is 31.7 Å². The molecule has 6 nitrogen and oxygen atoms in total. The molecule has 6 heteroatoms. The predicted octanol–water partition coefficient (Wildman–Crippen LogP) is 1.46. The van der Waals surface area contributed by atoms with E-state index in [1.807, 2.05) is 34.1 Å². The van der Waals surface area contributed by atoms with Crippen molar-refractivity contribution in [1.82, 2.24) is 14.7 Å². The normalized spacial score (nSPS) is 24.1. The first-order valence-corrected chi connectivity index (χ1v) is 10.0. The van der Waals surface area contributed by atoms with Crippen molar-refractivity contribution in [2.24, 2.45) is 11.8 Å². The average molecular weight is 373 g/mol. The Labute approximate surface area is 162 Å². The minimum absolute atomic E-state index is 0.143. The fraction of sp³-hybridized carbons (Fsp3) is 0.619. The van der Waals surface area contributed by atoms with Gasteiger partial charge >= 0.3 is 0 Å². The molecule has 2 atom stereocenters. The van der Waals surface area contributed by atoms with Crippen molar-refractivity contribution in [1.29, 1.82) is 0 Å². The van der Waals surface area contributed by atoms with Gasteiger partial charge in [-0.3, -0.25) is 14.5 Å². The quantitative estimate of drug-likeness (QED) is 0.813. The van der Waals surface area contributed by atoms with Gasteiger partial charge in [-0.1, -0.05) is 26.0 Å². The molecule has 0 aliphatic carbocycles. The maximum absolute atomic E-state index is 12.6. The molecule has 2 heterocycles. The number of carbonyl (C=O) groups is 2. The fourth-order valence-corrected chi connectivity index (χ4v) is 4.24. The lowest BCUT2D eigenvalue weighted by molar-refractivity contribution is -0.136. The van der Waals surface area contributed by atoms with Crippen LogP contribution < -0.4 is 5.73 Å². The molecule has 2 N–H and O–H groups in total. The Morgan fingerprint density at radius 3 is 2.11 bits per heavy atom. The topological polar surface area (TPSA) is 69.9 Å². The van der Waals surface area contributed by atoms with E-state index in [1.165, 1.54) is 6.42 Å². The Hall–Kier alpha value is -2.08. The summed E-state index contributed by atoms with van der Waals surface area (Å²) in [6, 6.07) is 7.47. The van der Waals surface area contributed by atoms with Crippen molar-refractivity contribution in [2.75, 3.05) is 51.5 Å². The molecule has 3 rings (SSSR count). The summed E-state index contributed by atoms with van der Waals surface area (Å²) in [5.41, 5.74) is 7.39. The number of likely N-dealkylation sites (tertiary alicyclic amines) is 1. The second kappa shape index (κ2) is 8.74. The second-order valence-electron chi connectivity index (χ2n) is 8.32. The second-order valence-corrected chi connectivity index (χ2v) is 8.32. The average Bonchev–Trinajstić information content (AvgIpc) is 2.63. The molecule has 0 radical (unpaired) electrons. The number of amides is 2. The standard InChI is InChI=1S/C21H32N4O2/c1-16-11-17(2)14-25(13-16)21(27)15-23-7-9-24(10-8-23)20(26)12-18-3-5-19(22)6-4-18/h3-6,16-17H,7-15,22H2,1-2H3. The van der Waals surface area contributed by atoms with Crippen LogP contribution in [0.1, 0.15) is 25.8 Å². The first kappa shape index (κ1) is 19.7. The van der Waals surface area contributed by atoms with E-state index in [-0.39, 0.29) is 11.8 Å². The maximum atomic E-state index is 12.6. The molecule has 2 aliphatic heterocycles. The zero-order valence-corrected chi connectivity index (χ0v) is 16.6. The van der Waals surface area contributed by atoms with Crippen LogP contribution >= 0.6 is 0 Å². The fourth-order valence-electron chi connectivity index (χ4n) is 4.24. The summed E-state index contributed by atoms with van der Waals surface area (Å²) in [4.78, 5) is 31.2. The number of nitrogen functional groups attached to an aromatic ring is 1. The Kier molecular flexibility index (Phi) is 6.37. The van der Waals surface area contributed by atoms with E-state index in [9.17, 15) is 9.59 Å². The zero-order valence-electron chi connectivity index (χ0n) is 16.6. The van der Waals surface area contributed by atoms with Crippen LogP contribution in [-0.2, 0) is 16.0 Å². The van der Waals surface area contributed by atoms with Crippen LogP contribution in [0.4, 0.5) is 5.69 Å². The highest BCUT2D eigenvalue weighted by atomic mass is 16.2. The van der Waals surface area contributed by atoms with Crippen molar-refractivity contribution < 1.29 is 9.59 Å². The van der Waals surface area contributed by atoms with Gasteiger partial charge in [0.2, 0.25) is 11.8 Å². The van der Waals surface area contributed by atoms with E-state index in [4.69, 9.17) is 5.73 Å². The molecule has 1 aromatic rings. The molecule has 2 amide bonds. The number of hydrogen-bond acceptors (Lipinski definition) is 4. The van der Waals surface area contributed by atoms with E-state index < -0.39 is 0 Å². The van der Waals surface area contributed by atoms with Gasteiger partial charge in [-0.05, 0) is 36.0 Å². The van der Waals surface area contributed by atoms with E-state index in [1.54, 1.807) is 0 Å². The number of hydrogen-bond donors (Lipinski definition) is 1. The SMILES string of the molecule is CC1CC(C)CN(C(=O)CN2CCN(C(=O)Cc3ccc(N)cc3)CC2)C1. The van der Waals surface area contributed by atoms with Crippen LogP contribution in [0.3, 0.4) is 0 Å². The van der Waals surface area contributed by atoms with Crippen LogP contribution in [0.5, 0.6) is 0 Å². The van der Waals surface area contributed by atoms with Gasteiger partial charge in [0.1, 0.15) is 0 Å². The summed E-state index contributed by atoms with van der Waals surface area (Å²) in [5, 5.41) is 0. The summed E-state index contributed by atoms with van der Waals surface area (Å²) in [7, 11) is 0. The van der Waals surface area contributed by atoms with Crippen molar-refractivity contribution in [2.45, 2.75) is 26.7 Å². The number of nitrogens with zero attached hydrogens (tertiary/aromatic N) is 3. The molecule has 1 aromatic carbocycles. The van der Waals surface area contributed by atoms with E-state index >= 15 is 0 Å². The summed E-state index contributed by atoms with van der Waals surface area (Å²) in [5.74, 6) is 1.54. The van der Waals surface area contributed by atoms with Crippen LogP contribution in [-0.4, -0.2) is 72.3 Å². The van der Waals surface area contributed by atoms with Gasteiger partial charge in [0.05, 0.1) is 13.0 Å². The Morgan fingerprint density at radius 1 is 0.926 bits per heavy atom. The molecular formula is C21H32N4O2. The molecule has 0 bridgehead atoms. The van der Waals surface area contributed by atoms with Gasteiger partial charge in [-0.25, -0.2) is 0 Å². The summed E-state index contributed by atoms with van der Waals surface area (Å²) < 4.78 is 0. The molecule has 27 heavy (non-hydrogen) atoms. The largest absolute Gasteiger partial charge is 0.399 e. The Balaban J connectivity index is 1.43. The number of nitrogens with two attached hydrogens (primary N) is 1. The van der Waals surface area contributed by atoms with E-state index in [2.05, 4.69) is 18.7 Å². The Morgan fingerprint density at radius 2 is 1.52 bits per heavy atom. The molecular weight excluding hydrogens is 340 g/mol. The van der Waals surface area contributed by atoms with Gasteiger partial charge in [0.15, 0.2) is 0 Å².